The van der Waals surface area contributed by atoms with E-state index in [-0.39, 0.29) is 28.9 Å². The van der Waals surface area contributed by atoms with Crippen LogP contribution in [0.3, 0.4) is 0 Å². The van der Waals surface area contributed by atoms with Crippen molar-refractivity contribution in [2.75, 3.05) is 31.9 Å². The maximum atomic E-state index is 12.5. The minimum absolute atomic E-state index is 0.00590. The molecule has 1 fully saturated rings. The first-order chi connectivity index (χ1) is 14.2. The van der Waals surface area contributed by atoms with Gasteiger partial charge in [0, 0.05) is 37.6 Å². The highest BCUT2D eigenvalue weighted by Crippen LogP contribution is 2.15. The Morgan fingerprint density at radius 3 is 1.97 bits per heavy atom. The zero-order chi connectivity index (χ0) is 21.7. The van der Waals surface area contributed by atoms with E-state index in [0.717, 1.165) is 11.1 Å². The van der Waals surface area contributed by atoms with Crippen LogP contribution in [0.5, 0.6) is 0 Å². The van der Waals surface area contributed by atoms with Crippen LogP contribution in [-0.4, -0.2) is 62.0 Å². The molecule has 0 N–H and O–H groups in total. The second kappa shape index (κ2) is 9.62. The third-order valence-electron chi connectivity index (χ3n) is 5.22. The first-order valence-corrected chi connectivity index (χ1v) is 11.9. The Bertz CT molecular complexity index is 996. The number of rotatable bonds is 6. The van der Waals surface area contributed by atoms with Crippen LogP contribution in [0.4, 0.5) is 0 Å². The fourth-order valence-electron chi connectivity index (χ4n) is 3.34. The van der Waals surface area contributed by atoms with Gasteiger partial charge in [0.25, 0.3) is 0 Å². The first kappa shape index (κ1) is 22.3. The number of piperazine rings is 1. The number of sulfone groups is 1. The molecule has 1 saturated heterocycles. The van der Waals surface area contributed by atoms with Gasteiger partial charge in [0.2, 0.25) is 11.8 Å². The monoisotopic (exact) mass is 448 g/mol. The van der Waals surface area contributed by atoms with Gasteiger partial charge in [0.1, 0.15) is 0 Å². The second-order valence-electron chi connectivity index (χ2n) is 7.45. The molecule has 1 aliphatic heterocycles. The van der Waals surface area contributed by atoms with Crippen molar-refractivity contribution >= 4 is 33.3 Å². The fraction of sp³-hybridized carbons (Fsp3) is 0.364. The number of nitrogens with zero attached hydrogens (tertiary/aromatic N) is 2. The van der Waals surface area contributed by atoms with Gasteiger partial charge in [-0.1, -0.05) is 41.4 Å². The number of carbonyl (C=O) groups excluding carboxylic acids is 2. The quantitative estimate of drug-likeness (QED) is 0.681. The average Bonchev–Trinajstić information content (AvgIpc) is 2.74. The minimum atomic E-state index is -3.49. The molecule has 0 saturated carbocycles. The Balaban J connectivity index is 1.47. The van der Waals surface area contributed by atoms with Crippen molar-refractivity contribution in [2.24, 2.45) is 0 Å². The van der Waals surface area contributed by atoms with E-state index in [1.54, 1.807) is 46.2 Å². The molecule has 2 amide bonds. The highest BCUT2D eigenvalue weighted by molar-refractivity contribution is 7.91. The zero-order valence-corrected chi connectivity index (χ0v) is 18.5. The largest absolute Gasteiger partial charge is 0.339 e. The van der Waals surface area contributed by atoms with Gasteiger partial charge < -0.3 is 9.80 Å². The van der Waals surface area contributed by atoms with Crippen LogP contribution in [0, 0.1) is 6.92 Å². The molecular weight excluding hydrogens is 424 g/mol. The van der Waals surface area contributed by atoms with Crippen molar-refractivity contribution in [2.45, 2.75) is 24.7 Å². The number of benzene rings is 2. The van der Waals surface area contributed by atoms with Gasteiger partial charge in [-0.15, -0.1) is 0 Å². The van der Waals surface area contributed by atoms with Crippen LogP contribution in [-0.2, 0) is 25.8 Å². The molecule has 30 heavy (non-hydrogen) atoms. The molecule has 0 unspecified atom stereocenters. The van der Waals surface area contributed by atoms with Crippen molar-refractivity contribution in [1.29, 1.82) is 0 Å². The predicted octanol–water partition coefficient (Wildman–Crippen LogP) is 2.73. The summed E-state index contributed by atoms with van der Waals surface area (Å²) < 4.78 is 24.9. The summed E-state index contributed by atoms with van der Waals surface area (Å²) in [5, 5.41) is 0.628. The Kier molecular flexibility index (Phi) is 7.15. The highest BCUT2D eigenvalue weighted by atomic mass is 35.5. The predicted molar refractivity (Wildman–Crippen MR) is 116 cm³/mol. The number of hydrogen-bond donors (Lipinski definition) is 0. The molecule has 0 aliphatic carbocycles. The van der Waals surface area contributed by atoms with E-state index >= 15 is 0 Å². The third-order valence-corrected chi connectivity index (χ3v) is 7.20. The molecule has 3 rings (SSSR count). The molecular formula is C22H25ClN2O4S. The van der Waals surface area contributed by atoms with E-state index in [4.69, 9.17) is 11.6 Å². The molecule has 1 heterocycles. The molecule has 2 aromatic rings. The van der Waals surface area contributed by atoms with Gasteiger partial charge in [0.05, 0.1) is 17.1 Å². The zero-order valence-electron chi connectivity index (χ0n) is 16.9. The second-order valence-corrected chi connectivity index (χ2v) is 9.99. The summed E-state index contributed by atoms with van der Waals surface area (Å²) in [6.45, 7) is 3.61. The van der Waals surface area contributed by atoms with Gasteiger partial charge in [-0.2, -0.15) is 0 Å². The number of amides is 2. The van der Waals surface area contributed by atoms with Crippen LogP contribution in [0.1, 0.15) is 17.5 Å². The smallest absolute Gasteiger partial charge is 0.227 e. The lowest BCUT2D eigenvalue weighted by Crippen LogP contribution is -2.51. The summed E-state index contributed by atoms with van der Waals surface area (Å²) in [6.07, 6.45) is 0.231. The van der Waals surface area contributed by atoms with E-state index in [1.807, 2.05) is 19.1 Å². The van der Waals surface area contributed by atoms with E-state index in [2.05, 4.69) is 0 Å². The highest BCUT2D eigenvalue weighted by Gasteiger charge is 2.25. The first-order valence-electron chi connectivity index (χ1n) is 9.84. The Labute approximate surface area is 182 Å². The van der Waals surface area contributed by atoms with E-state index in [9.17, 15) is 18.0 Å². The lowest BCUT2D eigenvalue weighted by Gasteiger charge is -2.35. The van der Waals surface area contributed by atoms with E-state index in [0.29, 0.717) is 37.6 Å². The SMILES string of the molecule is Cc1ccc(S(=O)(=O)CCC(=O)N2CCN(C(=O)Cc3ccc(Cl)cc3)CC2)cc1. The van der Waals surface area contributed by atoms with Gasteiger partial charge in [-0.25, -0.2) is 8.42 Å². The molecule has 6 nitrogen and oxygen atoms in total. The molecule has 1 aliphatic rings. The summed E-state index contributed by atoms with van der Waals surface area (Å²) in [5.74, 6) is -0.410. The van der Waals surface area contributed by atoms with Crippen molar-refractivity contribution in [1.82, 2.24) is 9.80 Å². The number of hydrogen-bond acceptors (Lipinski definition) is 4. The number of halogens is 1. The van der Waals surface area contributed by atoms with Crippen LogP contribution in [0.15, 0.2) is 53.4 Å². The molecule has 2 aromatic carbocycles. The van der Waals surface area contributed by atoms with Crippen LogP contribution < -0.4 is 0 Å². The van der Waals surface area contributed by atoms with E-state index in [1.165, 1.54) is 0 Å². The van der Waals surface area contributed by atoms with Crippen molar-refractivity contribution in [3.05, 3.63) is 64.7 Å². The lowest BCUT2D eigenvalue weighted by atomic mass is 10.1. The van der Waals surface area contributed by atoms with Crippen molar-refractivity contribution in [3.8, 4) is 0 Å². The molecule has 160 valence electrons. The van der Waals surface area contributed by atoms with Gasteiger partial charge in [-0.3, -0.25) is 9.59 Å². The molecule has 0 bridgehead atoms. The lowest BCUT2D eigenvalue weighted by molar-refractivity contribution is -0.138. The van der Waals surface area contributed by atoms with E-state index < -0.39 is 9.84 Å². The van der Waals surface area contributed by atoms with Crippen LogP contribution in [0.25, 0.3) is 0 Å². The summed E-state index contributed by atoms with van der Waals surface area (Å²) in [5.41, 5.74) is 1.87. The van der Waals surface area contributed by atoms with Crippen molar-refractivity contribution in [3.63, 3.8) is 0 Å². The van der Waals surface area contributed by atoms with Crippen molar-refractivity contribution < 1.29 is 18.0 Å². The Hall–Kier alpha value is -2.38. The Morgan fingerprint density at radius 1 is 0.867 bits per heavy atom. The molecule has 0 spiro atoms. The maximum absolute atomic E-state index is 12.5. The molecule has 0 atom stereocenters. The average molecular weight is 449 g/mol. The fourth-order valence-corrected chi connectivity index (χ4v) is 4.69. The minimum Gasteiger partial charge on any atom is -0.339 e. The summed E-state index contributed by atoms with van der Waals surface area (Å²) >= 11 is 5.87. The normalized spacial score (nSPS) is 14.6. The van der Waals surface area contributed by atoms with Gasteiger partial charge >= 0.3 is 0 Å². The molecule has 0 radical (unpaired) electrons. The summed E-state index contributed by atoms with van der Waals surface area (Å²) in [4.78, 5) is 28.6. The maximum Gasteiger partial charge on any atom is 0.227 e. The van der Waals surface area contributed by atoms with Crippen LogP contribution in [0.2, 0.25) is 5.02 Å². The van der Waals surface area contributed by atoms with Gasteiger partial charge in [0.15, 0.2) is 9.84 Å². The number of aryl methyl sites for hydroxylation is 1. The van der Waals surface area contributed by atoms with Gasteiger partial charge in [-0.05, 0) is 36.8 Å². The van der Waals surface area contributed by atoms with Crippen LogP contribution >= 0.6 is 11.6 Å². The molecule has 0 aromatic heterocycles. The standard InChI is InChI=1S/C22H25ClN2O4S/c1-17-2-8-20(9-3-17)30(28,29)15-10-21(26)24-11-13-25(14-12-24)22(27)16-18-4-6-19(23)7-5-18/h2-9H,10-16H2,1H3. The Morgan fingerprint density at radius 2 is 1.40 bits per heavy atom. The third kappa shape index (κ3) is 5.83. The summed E-state index contributed by atoms with van der Waals surface area (Å²) in [7, 11) is -3.49. The molecule has 8 heteroatoms. The topological polar surface area (TPSA) is 74.8 Å². The summed E-state index contributed by atoms with van der Waals surface area (Å²) in [6, 6.07) is 13.8. The number of carbonyl (C=O) groups is 2.